The highest BCUT2D eigenvalue weighted by Crippen LogP contribution is 2.13. The van der Waals surface area contributed by atoms with Gasteiger partial charge in [-0.05, 0) is 17.7 Å². The van der Waals surface area contributed by atoms with E-state index in [1.165, 1.54) is 5.56 Å². The molecule has 0 aliphatic carbocycles. The van der Waals surface area contributed by atoms with Crippen LogP contribution in [-0.2, 0) is 13.0 Å². The van der Waals surface area contributed by atoms with E-state index in [0.717, 1.165) is 22.4 Å². The predicted octanol–water partition coefficient (Wildman–Crippen LogP) is 2.22. The molecule has 1 aromatic carbocycles. The van der Waals surface area contributed by atoms with Crippen molar-refractivity contribution in [1.82, 2.24) is 9.97 Å². The van der Waals surface area contributed by atoms with Gasteiger partial charge in [0.25, 0.3) is 0 Å². The molecule has 78 valence electrons. The van der Waals surface area contributed by atoms with E-state index in [9.17, 15) is 0 Å². The number of halogens is 1. The average Bonchev–Trinajstić information content (AvgIpc) is 2.65. The maximum Gasteiger partial charge on any atom is 0.110 e. The summed E-state index contributed by atoms with van der Waals surface area (Å²) < 4.78 is 1.09. The van der Waals surface area contributed by atoms with Gasteiger partial charge in [0.1, 0.15) is 5.82 Å². The molecule has 2 rings (SSSR count). The molecule has 0 unspecified atom stereocenters. The van der Waals surface area contributed by atoms with Crippen LogP contribution in [0.5, 0.6) is 0 Å². The van der Waals surface area contributed by atoms with Crippen LogP contribution in [0.2, 0.25) is 0 Å². The summed E-state index contributed by atoms with van der Waals surface area (Å²) in [6.07, 6.45) is 2.59. The van der Waals surface area contributed by atoms with E-state index in [2.05, 4.69) is 38.0 Å². The molecular weight excluding hydrogens is 254 g/mol. The highest BCUT2D eigenvalue weighted by molar-refractivity contribution is 9.10. The summed E-state index contributed by atoms with van der Waals surface area (Å²) >= 11 is 3.44. The third kappa shape index (κ3) is 2.67. The molecule has 15 heavy (non-hydrogen) atoms. The van der Waals surface area contributed by atoms with Crippen LogP contribution in [0.25, 0.3) is 0 Å². The second-order valence-electron chi connectivity index (χ2n) is 3.37. The van der Waals surface area contributed by atoms with Gasteiger partial charge in [0.05, 0.1) is 0 Å². The van der Waals surface area contributed by atoms with Crippen molar-refractivity contribution >= 4 is 15.9 Å². The Balaban J connectivity index is 2.14. The fourth-order valence-electron chi connectivity index (χ4n) is 1.44. The number of rotatable bonds is 3. The van der Waals surface area contributed by atoms with Gasteiger partial charge in [0.2, 0.25) is 0 Å². The lowest BCUT2D eigenvalue weighted by Gasteiger charge is -1.98. The Bertz CT molecular complexity index is 451. The van der Waals surface area contributed by atoms with E-state index in [1.54, 1.807) is 6.20 Å². The molecule has 0 aliphatic rings. The standard InChI is InChI=1S/C11H12BrN3/c12-9-3-1-2-8(4-9)5-11-14-7-10(6-13)15-11/h1-4,7H,5-6,13H2,(H,14,15). The Labute approximate surface area is 96.9 Å². The summed E-state index contributed by atoms with van der Waals surface area (Å²) in [7, 11) is 0. The quantitative estimate of drug-likeness (QED) is 0.895. The zero-order chi connectivity index (χ0) is 10.7. The SMILES string of the molecule is NCc1cnc(Cc2cccc(Br)c2)[nH]1. The molecule has 3 nitrogen and oxygen atoms in total. The van der Waals surface area contributed by atoms with E-state index in [4.69, 9.17) is 5.73 Å². The van der Waals surface area contributed by atoms with E-state index in [0.29, 0.717) is 6.54 Å². The van der Waals surface area contributed by atoms with Gasteiger partial charge in [-0.2, -0.15) is 0 Å². The van der Waals surface area contributed by atoms with Crippen LogP contribution in [0.4, 0.5) is 0 Å². The van der Waals surface area contributed by atoms with Crippen LogP contribution in [0, 0.1) is 0 Å². The number of imidazole rings is 1. The number of aromatic nitrogens is 2. The molecule has 0 atom stereocenters. The second-order valence-corrected chi connectivity index (χ2v) is 4.28. The van der Waals surface area contributed by atoms with Crippen molar-refractivity contribution in [2.75, 3.05) is 0 Å². The molecule has 0 fully saturated rings. The Morgan fingerprint density at radius 1 is 1.40 bits per heavy atom. The molecule has 0 saturated carbocycles. The third-order valence-corrected chi connectivity index (χ3v) is 2.65. The summed E-state index contributed by atoms with van der Waals surface area (Å²) in [5, 5.41) is 0. The maximum atomic E-state index is 5.50. The van der Waals surface area contributed by atoms with E-state index in [-0.39, 0.29) is 0 Å². The van der Waals surface area contributed by atoms with Crippen LogP contribution >= 0.6 is 15.9 Å². The number of aromatic amines is 1. The maximum absolute atomic E-state index is 5.50. The summed E-state index contributed by atoms with van der Waals surface area (Å²) in [6.45, 7) is 0.505. The van der Waals surface area contributed by atoms with Crippen LogP contribution < -0.4 is 5.73 Å². The van der Waals surface area contributed by atoms with E-state index < -0.39 is 0 Å². The predicted molar refractivity (Wildman–Crippen MR) is 63.4 cm³/mol. The smallest absolute Gasteiger partial charge is 0.110 e. The van der Waals surface area contributed by atoms with Crippen LogP contribution in [0.1, 0.15) is 17.1 Å². The first kappa shape index (κ1) is 10.4. The average molecular weight is 266 g/mol. The van der Waals surface area contributed by atoms with Gasteiger partial charge in [0, 0.05) is 29.3 Å². The number of benzene rings is 1. The lowest BCUT2D eigenvalue weighted by molar-refractivity contribution is 0.967. The molecule has 0 radical (unpaired) electrons. The van der Waals surface area contributed by atoms with Crippen molar-refractivity contribution in [3.8, 4) is 0 Å². The van der Waals surface area contributed by atoms with Crippen LogP contribution in [-0.4, -0.2) is 9.97 Å². The summed E-state index contributed by atoms with van der Waals surface area (Å²) in [6, 6.07) is 8.20. The molecule has 1 aromatic heterocycles. The molecule has 3 N–H and O–H groups in total. The molecule has 2 aromatic rings. The number of nitrogens with one attached hydrogen (secondary N) is 1. The van der Waals surface area contributed by atoms with Gasteiger partial charge in [0.15, 0.2) is 0 Å². The van der Waals surface area contributed by atoms with Crippen LogP contribution in [0.3, 0.4) is 0 Å². The fraction of sp³-hybridized carbons (Fsp3) is 0.182. The third-order valence-electron chi connectivity index (χ3n) is 2.16. The summed E-state index contributed by atoms with van der Waals surface area (Å²) in [5.41, 5.74) is 7.70. The fourth-order valence-corrected chi connectivity index (χ4v) is 1.89. The van der Waals surface area contributed by atoms with Crippen molar-refractivity contribution in [2.45, 2.75) is 13.0 Å². The lowest BCUT2D eigenvalue weighted by Crippen LogP contribution is -1.97. The molecule has 0 spiro atoms. The van der Waals surface area contributed by atoms with E-state index >= 15 is 0 Å². The Hall–Kier alpha value is -1.13. The van der Waals surface area contributed by atoms with Gasteiger partial charge in [-0.15, -0.1) is 0 Å². The lowest BCUT2D eigenvalue weighted by atomic mass is 10.1. The molecular formula is C11H12BrN3. The molecule has 0 saturated heterocycles. The van der Waals surface area contributed by atoms with Crippen molar-refractivity contribution in [2.24, 2.45) is 5.73 Å². The zero-order valence-electron chi connectivity index (χ0n) is 8.20. The first-order valence-electron chi connectivity index (χ1n) is 4.75. The molecule has 1 heterocycles. The molecule has 0 aliphatic heterocycles. The first-order valence-corrected chi connectivity index (χ1v) is 5.54. The van der Waals surface area contributed by atoms with Crippen LogP contribution in [0.15, 0.2) is 34.9 Å². The second kappa shape index (κ2) is 4.59. The number of nitrogens with two attached hydrogens (primary N) is 1. The first-order chi connectivity index (χ1) is 7.28. The van der Waals surface area contributed by atoms with Gasteiger partial charge in [-0.3, -0.25) is 0 Å². The number of hydrogen-bond donors (Lipinski definition) is 2. The minimum Gasteiger partial charge on any atom is -0.345 e. The highest BCUT2D eigenvalue weighted by atomic mass is 79.9. The number of hydrogen-bond acceptors (Lipinski definition) is 2. The van der Waals surface area contributed by atoms with Crippen molar-refractivity contribution in [1.29, 1.82) is 0 Å². The summed E-state index contributed by atoms with van der Waals surface area (Å²) in [5.74, 6) is 0.952. The van der Waals surface area contributed by atoms with Crippen molar-refractivity contribution < 1.29 is 0 Å². The van der Waals surface area contributed by atoms with Crippen molar-refractivity contribution in [3.05, 3.63) is 52.0 Å². The van der Waals surface area contributed by atoms with Gasteiger partial charge >= 0.3 is 0 Å². The van der Waals surface area contributed by atoms with Gasteiger partial charge < -0.3 is 10.7 Å². The topological polar surface area (TPSA) is 54.7 Å². The number of H-pyrrole nitrogens is 1. The highest BCUT2D eigenvalue weighted by Gasteiger charge is 2.01. The Morgan fingerprint density at radius 2 is 2.27 bits per heavy atom. The van der Waals surface area contributed by atoms with E-state index in [1.807, 2.05) is 12.1 Å². The largest absolute Gasteiger partial charge is 0.345 e. The summed E-state index contributed by atoms with van der Waals surface area (Å²) in [4.78, 5) is 7.44. The van der Waals surface area contributed by atoms with Gasteiger partial charge in [-0.1, -0.05) is 28.1 Å². The van der Waals surface area contributed by atoms with Crippen molar-refractivity contribution in [3.63, 3.8) is 0 Å². The van der Waals surface area contributed by atoms with Gasteiger partial charge in [-0.25, -0.2) is 4.98 Å². The Morgan fingerprint density at radius 3 is 2.93 bits per heavy atom. The number of nitrogens with zero attached hydrogens (tertiary/aromatic N) is 1. The monoisotopic (exact) mass is 265 g/mol. The molecule has 4 heteroatoms. The zero-order valence-corrected chi connectivity index (χ0v) is 9.79. The molecule has 0 bridgehead atoms. The Kier molecular flexibility index (Phi) is 3.18. The minimum absolute atomic E-state index is 0.505. The minimum atomic E-state index is 0.505. The molecule has 0 amide bonds. The normalized spacial score (nSPS) is 10.5.